The molecule has 2 N–H and O–H groups in total. The Labute approximate surface area is 107 Å². The molecule has 2 rings (SSSR count). The molecular formula is C13H20N4O. The molecule has 0 aromatic carbocycles. The van der Waals surface area contributed by atoms with Gasteiger partial charge in [0.25, 0.3) is 0 Å². The lowest BCUT2D eigenvalue weighted by Gasteiger charge is -2.22. The van der Waals surface area contributed by atoms with E-state index < -0.39 is 0 Å². The highest BCUT2D eigenvalue weighted by Crippen LogP contribution is 2.15. The van der Waals surface area contributed by atoms with Crippen molar-refractivity contribution in [3.05, 3.63) is 24.0 Å². The number of rotatable bonds is 5. The second-order valence-electron chi connectivity index (χ2n) is 4.74. The number of carbonyl (C=O) groups excluding carboxylic acids is 1. The third-order valence-electron chi connectivity index (χ3n) is 3.27. The lowest BCUT2D eigenvalue weighted by atomic mass is 9.94. The van der Waals surface area contributed by atoms with Gasteiger partial charge in [-0.1, -0.05) is 0 Å². The standard InChI is InChI=1S/C13H20N4O/c18-13(6-5-11-3-1-7-14-9-11)15-10-12-4-2-8-16-17-12/h2,4,8,11,14H,1,3,5-7,9-10H2,(H,15,18). The first-order chi connectivity index (χ1) is 8.84. The van der Waals surface area contributed by atoms with Crippen LogP contribution in [0.2, 0.25) is 0 Å². The maximum absolute atomic E-state index is 11.7. The van der Waals surface area contributed by atoms with Gasteiger partial charge < -0.3 is 10.6 Å². The minimum atomic E-state index is 0.103. The summed E-state index contributed by atoms with van der Waals surface area (Å²) in [4.78, 5) is 11.7. The van der Waals surface area contributed by atoms with Crippen molar-refractivity contribution in [2.75, 3.05) is 13.1 Å². The van der Waals surface area contributed by atoms with Crippen molar-refractivity contribution in [3.63, 3.8) is 0 Å². The van der Waals surface area contributed by atoms with E-state index >= 15 is 0 Å². The van der Waals surface area contributed by atoms with E-state index in [1.54, 1.807) is 6.20 Å². The first-order valence-electron chi connectivity index (χ1n) is 6.58. The zero-order valence-electron chi connectivity index (χ0n) is 10.6. The normalized spacial score (nSPS) is 19.4. The first-order valence-corrected chi connectivity index (χ1v) is 6.58. The maximum atomic E-state index is 11.7. The first kappa shape index (κ1) is 13.0. The van der Waals surface area contributed by atoms with Gasteiger partial charge in [-0.2, -0.15) is 10.2 Å². The predicted octanol–water partition coefficient (Wildman–Crippen LogP) is 0.873. The van der Waals surface area contributed by atoms with Crippen LogP contribution in [-0.2, 0) is 11.3 Å². The Morgan fingerprint density at radius 2 is 2.50 bits per heavy atom. The van der Waals surface area contributed by atoms with Gasteiger partial charge in [0.15, 0.2) is 0 Å². The van der Waals surface area contributed by atoms with E-state index in [1.165, 1.54) is 12.8 Å². The molecule has 0 radical (unpaired) electrons. The molecule has 1 unspecified atom stereocenters. The summed E-state index contributed by atoms with van der Waals surface area (Å²) in [6.07, 6.45) is 5.67. The van der Waals surface area contributed by atoms with E-state index in [0.29, 0.717) is 18.9 Å². The smallest absolute Gasteiger partial charge is 0.220 e. The predicted molar refractivity (Wildman–Crippen MR) is 68.7 cm³/mol. The lowest BCUT2D eigenvalue weighted by molar-refractivity contribution is -0.121. The number of piperidine rings is 1. The molecule has 1 aromatic rings. The van der Waals surface area contributed by atoms with E-state index in [4.69, 9.17) is 0 Å². The van der Waals surface area contributed by atoms with Gasteiger partial charge in [0, 0.05) is 12.6 Å². The molecule has 5 heteroatoms. The summed E-state index contributed by atoms with van der Waals surface area (Å²) >= 11 is 0. The van der Waals surface area contributed by atoms with Gasteiger partial charge in [-0.15, -0.1) is 0 Å². The van der Waals surface area contributed by atoms with Crippen LogP contribution in [0.25, 0.3) is 0 Å². The van der Waals surface area contributed by atoms with Crippen LogP contribution in [0, 0.1) is 5.92 Å². The molecule has 0 spiro atoms. The van der Waals surface area contributed by atoms with Gasteiger partial charge >= 0.3 is 0 Å². The second-order valence-corrected chi connectivity index (χ2v) is 4.74. The van der Waals surface area contributed by atoms with Crippen LogP contribution in [0.15, 0.2) is 18.3 Å². The summed E-state index contributed by atoms with van der Waals surface area (Å²) < 4.78 is 0. The number of nitrogens with one attached hydrogen (secondary N) is 2. The summed E-state index contributed by atoms with van der Waals surface area (Å²) in [7, 11) is 0. The van der Waals surface area contributed by atoms with Crippen LogP contribution in [0.3, 0.4) is 0 Å². The Morgan fingerprint density at radius 1 is 1.56 bits per heavy atom. The van der Waals surface area contributed by atoms with E-state index in [0.717, 1.165) is 25.2 Å². The van der Waals surface area contributed by atoms with Gasteiger partial charge in [0.2, 0.25) is 5.91 Å². The molecule has 1 aromatic heterocycles. The Balaban J connectivity index is 1.63. The molecule has 1 aliphatic rings. The highest BCUT2D eigenvalue weighted by atomic mass is 16.1. The molecule has 5 nitrogen and oxygen atoms in total. The molecule has 0 bridgehead atoms. The van der Waals surface area contributed by atoms with E-state index in [1.807, 2.05) is 12.1 Å². The van der Waals surface area contributed by atoms with Crippen LogP contribution in [0.1, 0.15) is 31.4 Å². The van der Waals surface area contributed by atoms with Gasteiger partial charge in [0.05, 0.1) is 12.2 Å². The SMILES string of the molecule is O=C(CCC1CCCNC1)NCc1cccnn1. The third kappa shape index (κ3) is 4.41. The summed E-state index contributed by atoms with van der Waals surface area (Å²) in [5.74, 6) is 0.757. The minimum absolute atomic E-state index is 0.103. The highest BCUT2D eigenvalue weighted by molar-refractivity contribution is 5.75. The second kappa shape index (κ2) is 7.06. The summed E-state index contributed by atoms with van der Waals surface area (Å²) in [6, 6.07) is 3.68. The zero-order chi connectivity index (χ0) is 12.6. The Morgan fingerprint density at radius 3 is 3.22 bits per heavy atom. The molecule has 18 heavy (non-hydrogen) atoms. The van der Waals surface area contributed by atoms with Crippen molar-refractivity contribution in [1.29, 1.82) is 0 Å². The summed E-state index contributed by atoms with van der Waals surface area (Å²) in [6.45, 7) is 2.64. The molecule has 1 saturated heterocycles. The van der Waals surface area contributed by atoms with Crippen molar-refractivity contribution in [1.82, 2.24) is 20.8 Å². The van der Waals surface area contributed by atoms with Crippen molar-refractivity contribution in [2.45, 2.75) is 32.2 Å². The van der Waals surface area contributed by atoms with Crippen LogP contribution in [0.5, 0.6) is 0 Å². The fraction of sp³-hybridized carbons (Fsp3) is 0.615. The Bertz CT molecular complexity index is 363. The van der Waals surface area contributed by atoms with E-state index in [-0.39, 0.29) is 5.91 Å². The fourth-order valence-corrected chi connectivity index (χ4v) is 2.21. The van der Waals surface area contributed by atoms with Gasteiger partial charge in [-0.25, -0.2) is 0 Å². The van der Waals surface area contributed by atoms with Crippen molar-refractivity contribution >= 4 is 5.91 Å². The van der Waals surface area contributed by atoms with Crippen molar-refractivity contribution < 1.29 is 4.79 Å². The average Bonchev–Trinajstić information content (AvgIpc) is 2.45. The average molecular weight is 248 g/mol. The summed E-state index contributed by atoms with van der Waals surface area (Å²) in [5, 5.41) is 13.9. The number of aromatic nitrogens is 2. The quantitative estimate of drug-likeness (QED) is 0.811. The summed E-state index contributed by atoms with van der Waals surface area (Å²) in [5.41, 5.74) is 0.796. The van der Waals surface area contributed by atoms with Gasteiger partial charge in [-0.3, -0.25) is 4.79 Å². The number of hydrogen-bond acceptors (Lipinski definition) is 4. The zero-order valence-corrected chi connectivity index (χ0v) is 10.6. The molecule has 1 aliphatic heterocycles. The Hall–Kier alpha value is -1.49. The number of carbonyl (C=O) groups is 1. The number of amides is 1. The monoisotopic (exact) mass is 248 g/mol. The van der Waals surface area contributed by atoms with Crippen LogP contribution in [-0.4, -0.2) is 29.2 Å². The van der Waals surface area contributed by atoms with Crippen LogP contribution < -0.4 is 10.6 Å². The third-order valence-corrected chi connectivity index (χ3v) is 3.27. The molecular weight excluding hydrogens is 228 g/mol. The molecule has 1 atom stereocenters. The fourth-order valence-electron chi connectivity index (χ4n) is 2.21. The number of hydrogen-bond donors (Lipinski definition) is 2. The van der Waals surface area contributed by atoms with E-state index in [9.17, 15) is 4.79 Å². The van der Waals surface area contributed by atoms with Crippen molar-refractivity contribution in [2.24, 2.45) is 5.92 Å². The highest BCUT2D eigenvalue weighted by Gasteiger charge is 2.14. The minimum Gasteiger partial charge on any atom is -0.350 e. The van der Waals surface area contributed by atoms with E-state index in [2.05, 4.69) is 20.8 Å². The van der Waals surface area contributed by atoms with Crippen LogP contribution >= 0.6 is 0 Å². The van der Waals surface area contributed by atoms with Crippen LogP contribution in [0.4, 0.5) is 0 Å². The lowest BCUT2D eigenvalue weighted by Crippen LogP contribution is -2.31. The van der Waals surface area contributed by atoms with Gasteiger partial charge in [0.1, 0.15) is 0 Å². The number of nitrogens with zero attached hydrogens (tertiary/aromatic N) is 2. The molecule has 98 valence electrons. The van der Waals surface area contributed by atoms with Crippen molar-refractivity contribution in [3.8, 4) is 0 Å². The molecule has 0 saturated carbocycles. The van der Waals surface area contributed by atoms with Gasteiger partial charge in [-0.05, 0) is 50.4 Å². The molecule has 2 heterocycles. The maximum Gasteiger partial charge on any atom is 0.220 e. The molecule has 0 aliphatic carbocycles. The molecule has 1 fully saturated rings. The Kier molecular flexibility index (Phi) is 5.08. The molecule has 1 amide bonds. The topological polar surface area (TPSA) is 66.9 Å². The largest absolute Gasteiger partial charge is 0.350 e.